The smallest absolute Gasteiger partial charge is 0.0414 e. The van der Waals surface area contributed by atoms with Crippen molar-refractivity contribution in [1.82, 2.24) is 0 Å². The molecule has 0 heterocycles. The van der Waals surface area contributed by atoms with Crippen LogP contribution in [-0.2, 0) is 0 Å². The highest BCUT2D eigenvalue weighted by atomic mass is 14.1. The zero-order chi connectivity index (χ0) is 13.6. The highest BCUT2D eigenvalue weighted by molar-refractivity contribution is 4.62. The summed E-state index contributed by atoms with van der Waals surface area (Å²) in [7, 11) is 0. The van der Waals surface area contributed by atoms with E-state index in [4.69, 9.17) is 0 Å². The summed E-state index contributed by atoms with van der Waals surface area (Å²) in [5, 5.41) is 0. The van der Waals surface area contributed by atoms with Crippen molar-refractivity contribution in [2.24, 2.45) is 5.92 Å². The Hall–Kier alpha value is 0. The van der Waals surface area contributed by atoms with E-state index in [0.29, 0.717) is 0 Å². The predicted octanol–water partition coefficient (Wildman–Crippen LogP) is 7.08. The van der Waals surface area contributed by atoms with Gasteiger partial charge in [0.05, 0.1) is 0 Å². The van der Waals surface area contributed by atoms with Gasteiger partial charge in [0.25, 0.3) is 0 Å². The van der Waals surface area contributed by atoms with E-state index < -0.39 is 0 Å². The third kappa shape index (κ3) is 11.5. The fraction of sp³-hybridized carbons (Fsp3) is 0.947. The molecule has 0 aromatic rings. The minimum atomic E-state index is 0.735. The minimum absolute atomic E-state index is 0.735. The average Bonchev–Trinajstić information content (AvgIpc) is 2.41. The molecule has 1 saturated carbocycles. The molecule has 0 unspecified atom stereocenters. The SMILES string of the molecule is [CH2]C1CCCCCCCCCCCCCCCCC1. The Balaban J connectivity index is 2.08. The van der Waals surface area contributed by atoms with Crippen molar-refractivity contribution in [3.63, 3.8) is 0 Å². The molecule has 0 N–H and O–H groups in total. The topological polar surface area (TPSA) is 0 Å². The third-order valence-corrected chi connectivity index (χ3v) is 4.72. The van der Waals surface area contributed by atoms with Crippen LogP contribution in [0.25, 0.3) is 0 Å². The van der Waals surface area contributed by atoms with E-state index in [-0.39, 0.29) is 0 Å². The summed E-state index contributed by atoms with van der Waals surface area (Å²) in [5.74, 6) is 0.735. The van der Waals surface area contributed by atoms with Crippen LogP contribution >= 0.6 is 0 Å². The highest BCUT2D eigenvalue weighted by Gasteiger charge is 2.02. The molecule has 113 valence electrons. The lowest BCUT2D eigenvalue weighted by Gasteiger charge is -2.11. The van der Waals surface area contributed by atoms with Crippen LogP contribution in [0.3, 0.4) is 0 Å². The summed E-state index contributed by atoms with van der Waals surface area (Å²) in [4.78, 5) is 0. The molecule has 19 heavy (non-hydrogen) atoms. The molecule has 0 spiro atoms. The second-order valence-electron chi connectivity index (χ2n) is 6.75. The van der Waals surface area contributed by atoms with Crippen molar-refractivity contribution in [2.45, 2.75) is 109 Å². The zero-order valence-electron chi connectivity index (χ0n) is 13.3. The van der Waals surface area contributed by atoms with Crippen LogP contribution in [0.15, 0.2) is 0 Å². The molecule has 1 aliphatic rings. The van der Waals surface area contributed by atoms with Gasteiger partial charge >= 0.3 is 0 Å². The maximum absolute atomic E-state index is 4.33. The summed E-state index contributed by atoms with van der Waals surface area (Å²) < 4.78 is 0. The van der Waals surface area contributed by atoms with Gasteiger partial charge in [-0.25, -0.2) is 0 Å². The van der Waals surface area contributed by atoms with Crippen molar-refractivity contribution in [2.75, 3.05) is 0 Å². The molecule has 0 nitrogen and oxygen atoms in total. The predicted molar refractivity (Wildman–Crippen MR) is 87.3 cm³/mol. The van der Waals surface area contributed by atoms with Gasteiger partial charge in [0.15, 0.2) is 0 Å². The second kappa shape index (κ2) is 13.0. The van der Waals surface area contributed by atoms with Crippen molar-refractivity contribution in [1.29, 1.82) is 0 Å². The summed E-state index contributed by atoms with van der Waals surface area (Å²) >= 11 is 0. The van der Waals surface area contributed by atoms with Gasteiger partial charge in [-0.1, -0.05) is 116 Å². The first-order valence-corrected chi connectivity index (χ1v) is 9.22. The Morgan fingerprint density at radius 2 is 0.579 bits per heavy atom. The Morgan fingerprint density at radius 3 is 0.842 bits per heavy atom. The minimum Gasteiger partial charge on any atom is -0.0533 e. The fourth-order valence-electron chi connectivity index (χ4n) is 3.31. The summed E-state index contributed by atoms with van der Waals surface area (Å²) in [5.41, 5.74) is 0. The lowest BCUT2D eigenvalue weighted by atomic mass is 9.95. The van der Waals surface area contributed by atoms with Gasteiger partial charge in [-0.05, 0) is 5.92 Å². The van der Waals surface area contributed by atoms with Crippen LogP contribution in [0.1, 0.15) is 109 Å². The highest BCUT2D eigenvalue weighted by Crippen LogP contribution is 2.19. The molecule has 1 rings (SSSR count). The monoisotopic (exact) mass is 265 g/mol. The molecule has 0 saturated heterocycles. The fourth-order valence-corrected chi connectivity index (χ4v) is 3.31. The zero-order valence-corrected chi connectivity index (χ0v) is 13.3. The van der Waals surface area contributed by atoms with E-state index in [0.717, 1.165) is 5.92 Å². The molecule has 0 aromatic carbocycles. The maximum Gasteiger partial charge on any atom is -0.0414 e. The molecule has 0 aromatic heterocycles. The lowest BCUT2D eigenvalue weighted by Crippen LogP contribution is -1.95. The molecule has 0 amide bonds. The first kappa shape index (κ1) is 17.1. The van der Waals surface area contributed by atoms with Crippen LogP contribution in [-0.4, -0.2) is 0 Å². The standard InChI is InChI=1S/C19H37/c1-19-17-15-13-11-9-7-5-3-2-4-6-8-10-12-14-16-18-19/h19H,1-18H2. The lowest BCUT2D eigenvalue weighted by molar-refractivity contribution is 0.455. The number of hydrogen-bond acceptors (Lipinski definition) is 0. The molecular formula is C19H37. The first-order chi connectivity index (χ1) is 9.39. The molecular weight excluding hydrogens is 228 g/mol. The molecule has 1 radical (unpaired) electrons. The number of hydrogen-bond donors (Lipinski definition) is 0. The van der Waals surface area contributed by atoms with Crippen molar-refractivity contribution in [3.8, 4) is 0 Å². The van der Waals surface area contributed by atoms with Gasteiger partial charge in [0, 0.05) is 0 Å². The summed E-state index contributed by atoms with van der Waals surface area (Å²) in [6, 6.07) is 0. The maximum atomic E-state index is 4.33. The summed E-state index contributed by atoms with van der Waals surface area (Å²) in [6.07, 6.45) is 24.8. The summed E-state index contributed by atoms with van der Waals surface area (Å²) in [6.45, 7) is 4.33. The van der Waals surface area contributed by atoms with Crippen LogP contribution in [0.5, 0.6) is 0 Å². The molecule has 1 aliphatic carbocycles. The van der Waals surface area contributed by atoms with Crippen molar-refractivity contribution >= 4 is 0 Å². The van der Waals surface area contributed by atoms with Crippen LogP contribution in [0, 0.1) is 12.8 Å². The first-order valence-electron chi connectivity index (χ1n) is 9.22. The van der Waals surface area contributed by atoms with E-state index in [2.05, 4.69) is 6.92 Å². The molecule has 0 heteroatoms. The third-order valence-electron chi connectivity index (χ3n) is 4.72. The Morgan fingerprint density at radius 1 is 0.368 bits per heavy atom. The Bertz CT molecular complexity index is 155. The van der Waals surface area contributed by atoms with Gasteiger partial charge in [-0.3, -0.25) is 0 Å². The Kier molecular flexibility index (Phi) is 11.7. The number of rotatable bonds is 0. The van der Waals surface area contributed by atoms with E-state index >= 15 is 0 Å². The van der Waals surface area contributed by atoms with Gasteiger partial charge in [0.1, 0.15) is 0 Å². The normalized spacial score (nSPS) is 24.5. The molecule has 0 bridgehead atoms. The average molecular weight is 266 g/mol. The van der Waals surface area contributed by atoms with E-state index in [1.807, 2.05) is 0 Å². The van der Waals surface area contributed by atoms with Crippen molar-refractivity contribution in [3.05, 3.63) is 6.92 Å². The molecule has 0 atom stereocenters. The van der Waals surface area contributed by atoms with Crippen LogP contribution in [0.2, 0.25) is 0 Å². The largest absolute Gasteiger partial charge is 0.0533 e. The quantitative estimate of drug-likeness (QED) is 0.439. The second-order valence-corrected chi connectivity index (χ2v) is 6.75. The molecule has 1 fully saturated rings. The van der Waals surface area contributed by atoms with Gasteiger partial charge in [0.2, 0.25) is 0 Å². The van der Waals surface area contributed by atoms with E-state index in [1.165, 1.54) is 109 Å². The Labute approximate surface area is 122 Å². The van der Waals surface area contributed by atoms with Crippen LogP contribution in [0.4, 0.5) is 0 Å². The van der Waals surface area contributed by atoms with E-state index in [9.17, 15) is 0 Å². The van der Waals surface area contributed by atoms with Gasteiger partial charge < -0.3 is 0 Å². The van der Waals surface area contributed by atoms with Gasteiger partial charge in [-0.15, -0.1) is 0 Å². The van der Waals surface area contributed by atoms with Gasteiger partial charge in [-0.2, -0.15) is 0 Å². The van der Waals surface area contributed by atoms with Crippen molar-refractivity contribution < 1.29 is 0 Å². The van der Waals surface area contributed by atoms with Crippen LogP contribution < -0.4 is 0 Å². The molecule has 0 aliphatic heterocycles. The van der Waals surface area contributed by atoms with E-state index in [1.54, 1.807) is 0 Å².